The van der Waals surface area contributed by atoms with Crippen molar-refractivity contribution in [3.05, 3.63) is 33.9 Å². The average Bonchev–Trinajstić information content (AvgIpc) is 3.68. The van der Waals surface area contributed by atoms with Crippen LogP contribution in [0, 0.1) is 17.8 Å². The molecule has 0 spiro atoms. The van der Waals surface area contributed by atoms with E-state index in [1.165, 1.54) is 23.1 Å². The Kier molecular flexibility index (Phi) is 8.21. The number of benzene rings is 1. The first-order valence-corrected chi connectivity index (χ1v) is 17.6. The number of carbonyl (C=O) groups is 3. The number of likely N-dealkylation sites (tertiary alicyclic amines) is 1. The van der Waals surface area contributed by atoms with E-state index >= 15 is 0 Å². The molecule has 3 amide bonds. The molecule has 4 fully saturated rings. The van der Waals surface area contributed by atoms with Crippen molar-refractivity contribution in [2.24, 2.45) is 17.8 Å². The Bertz CT molecular complexity index is 1760. The van der Waals surface area contributed by atoms with E-state index in [0.29, 0.717) is 19.4 Å². The third-order valence-corrected chi connectivity index (χ3v) is 12.1. The van der Waals surface area contributed by atoms with E-state index < -0.39 is 78.5 Å². The maximum atomic E-state index is 14.8. The van der Waals surface area contributed by atoms with Crippen LogP contribution in [0.2, 0.25) is 0 Å². The number of nitrogens with zero attached hydrogens (tertiary/aromatic N) is 4. The fourth-order valence-corrected chi connectivity index (χ4v) is 9.81. The van der Waals surface area contributed by atoms with Gasteiger partial charge >= 0.3 is 12.6 Å². The maximum absolute atomic E-state index is 14.8. The lowest BCUT2D eigenvalue weighted by Gasteiger charge is -2.49. The predicted molar refractivity (Wildman–Crippen MR) is 169 cm³/mol. The first kappa shape index (κ1) is 35.5. The fourth-order valence-electron chi connectivity index (χ4n) is 9.06. The van der Waals surface area contributed by atoms with Gasteiger partial charge in [0, 0.05) is 36.4 Å². The van der Waals surface area contributed by atoms with E-state index in [-0.39, 0.29) is 67.2 Å². The molecular weight excluding hydrogens is 740 g/mol. The summed E-state index contributed by atoms with van der Waals surface area (Å²) >= 11 is 3.01. The molecule has 1 aromatic carbocycles. The van der Waals surface area contributed by atoms with Crippen LogP contribution in [0.3, 0.4) is 0 Å². The average molecular weight is 779 g/mol. The molecule has 4 saturated heterocycles. The summed E-state index contributed by atoms with van der Waals surface area (Å²) in [5.74, 6) is -7.70. The van der Waals surface area contributed by atoms with Gasteiger partial charge in [-0.15, -0.1) is 13.2 Å². The number of amides is 3. The lowest BCUT2D eigenvalue weighted by Crippen LogP contribution is -2.71. The van der Waals surface area contributed by atoms with E-state index in [9.17, 15) is 45.8 Å². The van der Waals surface area contributed by atoms with Crippen molar-refractivity contribution in [2.45, 2.75) is 108 Å². The third kappa shape index (κ3) is 5.03. The van der Waals surface area contributed by atoms with Crippen molar-refractivity contribution in [3.8, 4) is 0 Å². The number of alkyl halides is 6. The molecule has 50 heavy (non-hydrogen) atoms. The number of rotatable bonds is 5. The second-order valence-corrected chi connectivity index (χ2v) is 15.6. The van der Waals surface area contributed by atoms with E-state index in [2.05, 4.69) is 21.2 Å². The van der Waals surface area contributed by atoms with Gasteiger partial charge in [0.15, 0.2) is 0 Å². The Hall–Kier alpha value is -2.89. The second kappa shape index (κ2) is 11.6. The molecular formula is C33H38BrF6N5O5. The van der Waals surface area contributed by atoms with Crippen LogP contribution in [0.25, 0.3) is 10.9 Å². The van der Waals surface area contributed by atoms with Crippen LogP contribution >= 0.6 is 15.9 Å². The number of nitrogens with one attached hydrogen (secondary N) is 1. The molecule has 0 radical (unpaired) electrons. The van der Waals surface area contributed by atoms with E-state index in [1.807, 2.05) is 13.8 Å². The number of aliphatic hydroxyl groups is 1. The van der Waals surface area contributed by atoms with Crippen LogP contribution < -0.4 is 5.32 Å². The normalized spacial score (nSPS) is 33.0. The highest BCUT2D eigenvalue weighted by atomic mass is 79.9. The van der Waals surface area contributed by atoms with Gasteiger partial charge in [-0.05, 0) is 71.1 Å². The number of fused-ring (bicyclic) bond motifs is 5. The summed E-state index contributed by atoms with van der Waals surface area (Å²) in [6.07, 6.45) is -9.22. The van der Waals surface area contributed by atoms with E-state index in [0.717, 1.165) is 4.90 Å². The number of piperidine rings is 1. The Morgan fingerprint density at radius 3 is 2.44 bits per heavy atom. The van der Waals surface area contributed by atoms with Gasteiger partial charge in [-0.3, -0.25) is 24.0 Å². The van der Waals surface area contributed by atoms with Crippen molar-refractivity contribution in [3.63, 3.8) is 0 Å². The first-order valence-electron chi connectivity index (χ1n) is 16.8. The number of ether oxygens (including phenoxy) is 1. The molecule has 1 aromatic heterocycles. The highest BCUT2D eigenvalue weighted by molar-refractivity contribution is 9.10. The summed E-state index contributed by atoms with van der Waals surface area (Å²) in [7, 11) is 0. The predicted octanol–water partition coefficient (Wildman–Crippen LogP) is 5.12. The van der Waals surface area contributed by atoms with Gasteiger partial charge in [0.05, 0.1) is 16.0 Å². The number of hydrogen-bond donors (Lipinski definition) is 2. The molecule has 274 valence electrons. The molecule has 4 aliphatic heterocycles. The SMILES string of the molecule is CC(C)C[C@H]1C(=O)N2CCC[C@H]2[C@]2(O)O[C@](NC(=O)[C@@H]3C[C@@H]4c5cccc6c5c(c(Br)n6C(F)(F)F)C[C@H]4N(C(F)(F)F)C3)(C(C)C)C(=O)N12. The molecule has 0 bridgehead atoms. The topological polar surface area (TPSA) is 107 Å². The summed E-state index contributed by atoms with van der Waals surface area (Å²) in [4.78, 5) is 45.0. The summed E-state index contributed by atoms with van der Waals surface area (Å²) in [6.45, 7) is 6.38. The molecule has 7 atom stereocenters. The second-order valence-electron chi connectivity index (χ2n) is 14.9. The zero-order valence-corrected chi connectivity index (χ0v) is 29.3. The molecule has 17 heteroatoms. The van der Waals surface area contributed by atoms with E-state index in [4.69, 9.17) is 4.74 Å². The third-order valence-electron chi connectivity index (χ3n) is 11.2. The summed E-state index contributed by atoms with van der Waals surface area (Å²) < 4.78 is 92.7. The first-order chi connectivity index (χ1) is 23.2. The molecule has 5 heterocycles. The molecule has 7 rings (SSSR count). The molecule has 1 aliphatic carbocycles. The minimum atomic E-state index is -4.95. The minimum Gasteiger partial charge on any atom is -0.347 e. The highest BCUT2D eigenvalue weighted by Gasteiger charge is 2.72. The van der Waals surface area contributed by atoms with Crippen LogP contribution in [-0.4, -0.2) is 91.2 Å². The molecule has 5 aliphatic rings. The molecule has 10 nitrogen and oxygen atoms in total. The van der Waals surface area contributed by atoms with Gasteiger partial charge < -0.3 is 15.3 Å². The van der Waals surface area contributed by atoms with Crippen molar-refractivity contribution >= 4 is 44.6 Å². The van der Waals surface area contributed by atoms with Crippen LogP contribution in [0.5, 0.6) is 0 Å². The number of halogens is 7. The minimum absolute atomic E-state index is 0.0681. The zero-order chi connectivity index (χ0) is 36.5. The Labute approximate surface area is 292 Å². The Balaban J connectivity index is 1.26. The summed E-state index contributed by atoms with van der Waals surface area (Å²) in [5, 5.41) is 14.9. The quantitative estimate of drug-likeness (QED) is 0.323. The van der Waals surface area contributed by atoms with Gasteiger partial charge in [0.2, 0.25) is 17.5 Å². The fraction of sp³-hybridized carbons (Fsp3) is 0.667. The van der Waals surface area contributed by atoms with Gasteiger partial charge in [-0.25, -0.2) is 9.47 Å². The van der Waals surface area contributed by atoms with Gasteiger partial charge in [0.1, 0.15) is 12.1 Å². The summed E-state index contributed by atoms with van der Waals surface area (Å²) in [5.41, 5.74) is -2.06. The largest absolute Gasteiger partial charge is 0.489 e. The number of piperazine rings is 1. The van der Waals surface area contributed by atoms with Gasteiger partial charge in [0.25, 0.3) is 11.8 Å². The number of carbonyl (C=O) groups excluding carboxylic acids is 3. The Morgan fingerprint density at radius 1 is 1.12 bits per heavy atom. The van der Waals surface area contributed by atoms with Crippen LogP contribution in [0.15, 0.2) is 22.8 Å². The zero-order valence-electron chi connectivity index (χ0n) is 27.7. The molecule has 0 unspecified atom stereocenters. The van der Waals surface area contributed by atoms with Crippen molar-refractivity contribution in [1.82, 2.24) is 24.6 Å². The molecule has 2 aromatic rings. The summed E-state index contributed by atoms with van der Waals surface area (Å²) in [6, 6.07) is 0.819. The van der Waals surface area contributed by atoms with Crippen molar-refractivity contribution in [2.75, 3.05) is 13.1 Å². The van der Waals surface area contributed by atoms with Crippen LogP contribution in [0.1, 0.15) is 70.4 Å². The monoisotopic (exact) mass is 777 g/mol. The molecule has 2 N–H and O–H groups in total. The number of aromatic nitrogens is 1. The van der Waals surface area contributed by atoms with Crippen molar-refractivity contribution < 1.29 is 50.6 Å². The van der Waals surface area contributed by atoms with Crippen LogP contribution in [-0.2, 0) is 31.8 Å². The molecule has 0 saturated carbocycles. The van der Waals surface area contributed by atoms with Crippen LogP contribution in [0.4, 0.5) is 26.3 Å². The van der Waals surface area contributed by atoms with Gasteiger partial charge in [-0.2, -0.15) is 13.2 Å². The maximum Gasteiger partial charge on any atom is 0.489 e. The lowest BCUT2D eigenvalue weighted by atomic mass is 9.72. The van der Waals surface area contributed by atoms with Crippen molar-refractivity contribution in [1.29, 1.82) is 0 Å². The van der Waals surface area contributed by atoms with Gasteiger partial charge in [-0.1, -0.05) is 39.8 Å². The highest BCUT2D eigenvalue weighted by Crippen LogP contribution is 2.52. The lowest BCUT2D eigenvalue weighted by molar-refractivity contribution is -0.322. The Morgan fingerprint density at radius 2 is 1.82 bits per heavy atom. The smallest absolute Gasteiger partial charge is 0.347 e. The number of hydrogen-bond acceptors (Lipinski definition) is 6. The standard InChI is InChI=1S/C33H38BrF6N5O5/c1-15(2)11-23-28(47)42-10-6-9-24(42)31(49)45(23)29(48)30(50-31,16(3)4)41-27(46)17-12-19-18-7-5-8-21-25(18)20(26(34)44(21)33(38,39)40)13-22(19)43(14-17)32(35,36)37/h5,7-8,15-17,19,22-24,49H,6,9-14H2,1-4H3,(H,41,46)/t17-,19-,22-,23+,24+,30-,31+/m1/s1. The van der Waals surface area contributed by atoms with E-state index in [1.54, 1.807) is 13.8 Å².